The Morgan fingerprint density at radius 2 is 1.67 bits per heavy atom. The van der Waals surface area contributed by atoms with Crippen molar-refractivity contribution in [2.75, 3.05) is 26.4 Å². The van der Waals surface area contributed by atoms with Gasteiger partial charge in [0.2, 0.25) is 5.91 Å². The molecular weight excluding hydrogens is 382 g/mol. The van der Waals surface area contributed by atoms with Crippen LogP contribution < -0.4 is 24.3 Å². The highest BCUT2D eigenvalue weighted by Crippen LogP contribution is 2.32. The maximum atomic E-state index is 12.6. The molecule has 0 saturated carbocycles. The van der Waals surface area contributed by atoms with E-state index in [2.05, 4.69) is 19.2 Å². The monoisotopic (exact) mass is 413 g/mol. The standard InChI is InChI=1S/C24H31NO5/c1-4-10-27-21-9-7-19(16-23(21)28-11-5-2)17(3)25-24(26)15-18-6-8-20-22(14-18)30-13-12-29-20/h6-9,14,16-17H,4-5,10-13,15H2,1-3H3,(H,25,26). The lowest BCUT2D eigenvalue weighted by Gasteiger charge is -2.20. The van der Waals surface area contributed by atoms with Crippen LogP contribution >= 0.6 is 0 Å². The lowest BCUT2D eigenvalue weighted by atomic mass is 10.1. The number of benzene rings is 2. The van der Waals surface area contributed by atoms with E-state index in [1.165, 1.54) is 0 Å². The van der Waals surface area contributed by atoms with Crippen LogP contribution in [-0.4, -0.2) is 32.3 Å². The minimum Gasteiger partial charge on any atom is -0.490 e. The fourth-order valence-corrected chi connectivity index (χ4v) is 3.21. The van der Waals surface area contributed by atoms with Gasteiger partial charge in [-0.1, -0.05) is 26.0 Å². The summed E-state index contributed by atoms with van der Waals surface area (Å²) in [6.45, 7) is 8.45. The lowest BCUT2D eigenvalue weighted by molar-refractivity contribution is -0.121. The summed E-state index contributed by atoms with van der Waals surface area (Å²) in [6.07, 6.45) is 2.12. The summed E-state index contributed by atoms with van der Waals surface area (Å²) in [6, 6.07) is 11.3. The van der Waals surface area contributed by atoms with Crippen LogP contribution in [0.3, 0.4) is 0 Å². The van der Waals surface area contributed by atoms with E-state index < -0.39 is 0 Å². The van der Waals surface area contributed by atoms with Gasteiger partial charge in [0.1, 0.15) is 13.2 Å². The average Bonchev–Trinajstić information content (AvgIpc) is 2.76. The second-order valence-corrected chi connectivity index (χ2v) is 7.35. The predicted octanol–water partition coefficient (Wildman–Crippen LogP) is 4.46. The van der Waals surface area contributed by atoms with E-state index in [1.807, 2.05) is 43.3 Å². The minimum atomic E-state index is -0.154. The van der Waals surface area contributed by atoms with Crippen LogP contribution in [-0.2, 0) is 11.2 Å². The van der Waals surface area contributed by atoms with Crippen molar-refractivity contribution >= 4 is 5.91 Å². The summed E-state index contributed by atoms with van der Waals surface area (Å²) in [5.41, 5.74) is 1.86. The van der Waals surface area contributed by atoms with Gasteiger partial charge in [-0.15, -0.1) is 0 Å². The third-order valence-corrected chi connectivity index (χ3v) is 4.74. The van der Waals surface area contributed by atoms with Crippen molar-refractivity contribution in [2.45, 2.75) is 46.1 Å². The third kappa shape index (κ3) is 5.81. The zero-order valence-corrected chi connectivity index (χ0v) is 18.0. The van der Waals surface area contributed by atoms with E-state index in [4.69, 9.17) is 18.9 Å². The number of amides is 1. The maximum Gasteiger partial charge on any atom is 0.224 e. The zero-order chi connectivity index (χ0) is 21.3. The van der Waals surface area contributed by atoms with E-state index in [0.29, 0.717) is 32.2 Å². The molecule has 162 valence electrons. The number of hydrogen-bond donors (Lipinski definition) is 1. The second-order valence-electron chi connectivity index (χ2n) is 7.35. The molecule has 30 heavy (non-hydrogen) atoms. The molecule has 1 amide bonds. The normalized spacial score (nSPS) is 13.4. The SMILES string of the molecule is CCCOc1ccc(C(C)NC(=O)Cc2ccc3c(c2)OCCO3)cc1OCCC. The molecule has 0 radical (unpaired) electrons. The number of nitrogens with one attached hydrogen (secondary N) is 1. The lowest BCUT2D eigenvalue weighted by Crippen LogP contribution is -2.28. The molecule has 2 aromatic carbocycles. The largest absolute Gasteiger partial charge is 0.490 e. The van der Waals surface area contributed by atoms with Crippen LogP contribution in [0, 0.1) is 0 Å². The van der Waals surface area contributed by atoms with Crippen molar-refractivity contribution in [2.24, 2.45) is 0 Å². The molecule has 2 aromatic rings. The van der Waals surface area contributed by atoms with Gasteiger partial charge in [0.15, 0.2) is 23.0 Å². The van der Waals surface area contributed by atoms with Gasteiger partial charge in [0.25, 0.3) is 0 Å². The van der Waals surface area contributed by atoms with Gasteiger partial charge in [-0.3, -0.25) is 4.79 Å². The molecule has 0 spiro atoms. The van der Waals surface area contributed by atoms with E-state index >= 15 is 0 Å². The van der Waals surface area contributed by atoms with Crippen LogP contribution in [0.4, 0.5) is 0 Å². The molecule has 3 rings (SSSR count). The van der Waals surface area contributed by atoms with E-state index in [9.17, 15) is 4.79 Å². The third-order valence-electron chi connectivity index (χ3n) is 4.74. The molecule has 0 aromatic heterocycles. The van der Waals surface area contributed by atoms with Gasteiger partial charge in [-0.2, -0.15) is 0 Å². The first-order valence-corrected chi connectivity index (χ1v) is 10.7. The molecule has 1 unspecified atom stereocenters. The first kappa shape index (κ1) is 21.8. The quantitative estimate of drug-likeness (QED) is 0.623. The van der Waals surface area contributed by atoms with E-state index in [1.54, 1.807) is 0 Å². The Morgan fingerprint density at radius 1 is 0.967 bits per heavy atom. The predicted molar refractivity (Wildman–Crippen MR) is 116 cm³/mol. The molecule has 1 aliphatic rings. The fourth-order valence-electron chi connectivity index (χ4n) is 3.21. The van der Waals surface area contributed by atoms with Crippen LogP contribution in [0.1, 0.15) is 50.8 Å². The summed E-state index contributed by atoms with van der Waals surface area (Å²) in [4.78, 5) is 12.6. The molecule has 6 nitrogen and oxygen atoms in total. The molecule has 1 N–H and O–H groups in total. The van der Waals surface area contributed by atoms with Crippen LogP contribution in [0.25, 0.3) is 0 Å². The van der Waals surface area contributed by atoms with Crippen molar-refractivity contribution in [3.63, 3.8) is 0 Å². The number of ether oxygens (including phenoxy) is 4. The molecule has 0 fully saturated rings. The second kappa shape index (κ2) is 10.8. The first-order valence-electron chi connectivity index (χ1n) is 10.7. The Balaban J connectivity index is 1.64. The maximum absolute atomic E-state index is 12.6. The Hall–Kier alpha value is -2.89. The molecule has 0 aliphatic carbocycles. The number of carbonyl (C=O) groups excluding carboxylic acids is 1. The molecular formula is C24H31NO5. The summed E-state index contributed by atoms with van der Waals surface area (Å²) < 4.78 is 22.8. The number of hydrogen-bond acceptors (Lipinski definition) is 5. The van der Waals surface area contributed by atoms with Crippen LogP contribution in [0.15, 0.2) is 36.4 Å². The van der Waals surface area contributed by atoms with Crippen molar-refractivity contribution < 1.29 is 23.7 Å². The molecule has 0 saturated heterocycles. The Bertz CT molecular complexity index is 851. The zero-order valence-electron chi connectivity index (χ0n) is 18.0. The van der Waals surface area contributed by atoms with Gasteiger partial charge < -0.3 is 24.3 Å². The minimum absolute atomic E-state index is 0.0542. The smallest absolute Gasteiger partial charge is 0.224 e. The van der Waals surface area contributed by atoms with Crippen molar-refractivity contribution in [1.82, 2.24) is 5.32 Å². The highest BCUT2D eigenvalue weighted by atomic mass is 16.6. The van der Waals surface area contributed by atoms with Gasteiger partial charge >= 0.3 is 0 Å². The Labute approximate surface area is 178 Å². The Kier molecular flexibility index (Phi) is 7.82. The molecule has 1 heterocycles. The van der Waals surface area contributed by atoms with E-state index in [0.717, 1.165) is 41.2 Å². The van der Waals surface area contributed by atoms with Gasteiger partial charge in [-0.25, -0.2) is 0 Å². The summed E-state index contributed by atoms with van der Waals surface area (Å²) in [5.74, 6) is 2.82. The van der Waals surface area contributed by atoms with Gasteiger partial charge in [0.05, 0.1) is 25.7 Å². The van der Waals surface area contributed by atoms with Gasteiger partial charge in [0, 0.05) is 0 Å². The van der Waals surface area contributed by atoms with Crippen molar-refractivity contribution in [3.8, 4) is 23.0 Å². The Morgan fingerprint density at radius 3 is 2.40 bits per heavy atom. The topological polar surface area (TPSA) is 66.0 Å². The average molecular weight is 414 g/mol. The summed E-state index contributed by atoms with van der Waals surface area (Å²) in [7, 11) is 0. The summed E-state index contributed by atoms with van der Waals surface area (Å²) in [5, 5.41) is 3.06. The highest BCUT2D eigenvalue weighted by Gasteiger charge is 2.16. The molecule has 0 bridgehead atoms. The van der Waals surface area contributed by atoms with Gasteiger partial charge in [-0.05, 0) is 55.2 Å². The van der Waals surface area contributed by atoms with Crippen molar-refractivity contribution in [3.05, 3.63) is 47.5 Å². The number of fused-ring (bicyclic) bond motifs is 1. The molecule has 1 aliphatic heterocycles. The van der Waals surface area contributed by atoms with Crippen LogP contribution in [0.2, 0.25) is 0 Å². The number of carbonyl (C=O) groups is 1. The van der Waals surface area contributed by atoms with E-state index in [-0.39, 0.29) is 18.4 Å². The summed E-state index contributed by atoms with van der Waals surface area (Å²) >= 11 is 0. The number of rotatable bonds is 10. The van der Waals surface area contributed by atoms with Crippen molar-refractivity contribution in [1.29, 1.82) is 0 Å². The van der Waals surface area contributed by atoms with Crippen LogP contribution in [0.5, 0.6) is 23.0 Å². The fraction of sp³-hybridized carbons (Fsp3) is 0.458. The highest BCUT2D eigenvalue weighted by molar-refractivity contribution is 5.79. The molecule has 6 heteroatoms. The first-order chi connectivity index (χ1) is 14.6. The molecule has 1 atom stereocenters.